The molecule has 6 heteroatoms. The number of nitrogens with two attached hydrogens (primary N) is 1. The van der Waals surface area contributed by atoms with E-state index in [0.29, 0.717) is 19.0 Å². The number of β-amino-alcohol motifs (C(OH)–C–C–N with tert-alkyl or cyclic N) is 1. The molecule has 116 valence electrons. The van der Waals surface area contributed by atoms with Crippen LogP contribution < -0.4 is 10.6 Å². The first kappa shape index (κ1) is 14.5. The van der Waals surface area contributed by atoms with E-state index in [-0.39, 0.29) is 0 Å². The molecular weight excluding hydrogens is 266 g/mol. The average Bonchev–Trinajstić information content (AvgIpc) is 2.78. The molecule has 3 rings (SSSR count). The number of likely N-dealkylation sites (N-methyl/N-ethyl adjacent to an activating group) is 1. The number of aliphatic hydroxyl groups is 1. The lowest BCUT2D eigenvalue weighted by Gasteiger charge is -2.28. The third-order valence-corrected chi connectivity index (χ3v) is 4.42. The van der Waals surface area contributed by atoms with Gasteiger partial charge in [0.15, 0.2) is 0 Å². The van der Waals surface area contributed by atoms with Crippen molar-refractivity contribution in [1.82, 2.24) is 14.9 Å². The lowest BCUT2D eigenvalue weighted by molar-refractivity contribution is 0.0365. The summed E-state index contributed by atoms with van der Waals surface area (Å²) < 4.78 is 0. The van der Waals surface area contributed by atoms with Crippen LogP contribution >= 0.6 is 0 Å². The maximum Gasteiger partial charge on any atom is 0.222 e. The van der Waals surface area contributed by atoms with Gasteiger partial charge in [0.1, 0.15) is 5.82 Å². The molecule has 0 bridgehead atoms. The number of hydrogen-bond acceptors (Lipinski definition) is 6. The molecule has 21 heavy (non-hydrogen) atoms. The van der Waals surface area contributed by atoms with Crippen LogP contribution in [0.5, 0.6) is 0 Å². The summed E-state index contributed by atoms with van der Waals surface area (Å²) in [5.74, 6) is 1.31. The van der Waals surface area contributed by atoms with Gasteiger partial charge in [-0.25, -0.2) is 4.98 Å². The number of aromatic nitrogens is 2. The van der Waals surface area contributed by atoms with Gasteiger partial charge in [0.05, 0.1) is 11.3 Å². The fourth-order valence-corrected chi connectivity index (χ4v) is 3.61. The fourth-order valence-electron chi connectivity index (χ4n) is 3.61. The molecule has 1 unspecified atom stereocenters. The van der Waals surface area contributed by atoms with Crippen molar-refractivity contribution in [3.8, 4) is 0 Å². The van der Waals surface area contributed by atoms with Crippen molar-refractivity contribution >= 4 is 11.8 Å². The Morgan fingerprint density at radius 3 is 2.81 bits per heavy atom. The Balaban J connectivity index is 1.86. The van der Waals surface area contributed by atoms with E-state index in [1.54, 1.807) is 0 Å². The predicted octanol–water partition coefficient (Wildman–Crippen LogP) is 0.440. The van der Waals surface area contributed by atoms with Gasteiger partial charge in [0, 0.05) is 25.2 Å². The number of hydrogen-bond donors (Lipinski definition) is 2. The second kappa shape index (κ2) is 5.42. The summed E-state index contributed by atoms with van der Waals surface area (Å²) >= 11 is 0. The first-order valence-corrected chi connectivity index (χ1v) is 7.74. The van der Waals surface area contributed by atoms with E-state index < -0.39 is 5.60 Å². The molecule has 0 spiro atoms. The zero-order valence-electron chi connectivity index (χ0n) is 13.0. The quantitative estimate of drug-likeness (QED) is 0.841. The van der Waals surface area contributed by atoms with Crippen molar-refractivity contribution < 1.29 is 5.11 Å². The molecule has 0 amide bonds. The zero-order chi connectivity index (χ0) is 15.0. The molecule has 1 atom stereocenters. The zero-order valence-corrected chi connectivity index (χ0v) is 13.0. The SMILES string of the molecule is CN(C)CC1(O)CCN(c2nc(N)nc3c2CCCC3)C1. The minimum Gasteiger partial charge on any atom is -0.387 e. The highest BCUT2D eigenvalue weighted by Crippen LogP contribution is 2.33. The standard InChI is InChI=1S/C15H25N5O/c1-19(2)9-15(21)7-8-20(10-15)13-11-5-3-4-6-12(11)17-14(16)18-13/h21H,3-10H2,1-2H3,(H2,16,17,18). The summed E-state index contributed by atoms with van der Waals surface area (Å²) in [6.07, 6.45) is 5.14. The van der Waals surface area contributed by atoms with Crippen molar-refractivity contribution in [3.05, 3.63) is 11.3 Å². The van der Waals surface area contributed by atoms with Gasteiger partial charge in [-0.3, -0.25) is 0 Å². The van der Waals surface area contributed by atoms with Gasteiger partial charge in [0.2, 0.25) is 5.95 Å². The van der Waals surface area contributed by atoms with E-state index in [1.165, 1.54) is 18.4 Å². The second-order valence-corrected chi connectivity index (χ2v) is 6.67. The molecular formula is C15H25N5O. The van der Waals surface area contributed by atoms with Crippen molar-refractivity contribution in [2.24, 2.45) is 0 Å². The molecule has 1 aliphatic carbocycles. The highest BCUT2D eigenvalue weighted by atomic mass is 16.3. The minimum absolute atomic E-state index is 0.355. The second-order valence-electron chi connectivity index (χ2n) is 6.67. The maximum atomic E-state index is 10.7. The molecule has 0 aromatic carbocycles. The number of aryl methyl sites for hydroxylation is 1. The van der Waals surface area contributed by atoms with Crippen LogP contribution in [0.1, 0.15) is 30.5 Å². The number of rotatable bonds is 3. The Labute approximate surface area is 126 Å². The number of nitrogens with zero attached hydrogens (tertiary/aromatic N) is 4. The van der Waals surface area contributed by atoms with Gasteiger partial charge in [-0.05, 0) is 46.2 Å². The van der Waals surface area contributed by atoms with Crippen molar-refractivity contribution in [2.75, 3.05) is 44.4 Å². The third kappa shape index (κ3) is 2.96. The van der Waals surface area contributed by atoms with E-state index in [2.05, 4.69) is 14.9 Å². The van der Waals surface area contributed by atoms with Crippen LogP contribution in [0.15, 0.2) is 0 Å². The van der Waals surface area contributed by atoms with E-state index in [4.69, 9.17) is 5.73 Å². The summed E-state index contributed by atoms with van der Waals surface area (Å²) in [6.45, 7) is 2.12. The smallest absolute Gasteiger partial charge is 0.222 e. The van der Waals surface area contributed by atoms with Crippen LogP contribution in [0.3, 0.4) is 0 Å². The van der Waals surface area contributed by atoms with E-state index in [0.717, 1.165) is 37.3 Å². The van der Waals surface area contributed by atoms with Crippen molar-refractivity contribution in [1.29, 1.82) is 0 Å². The van der Waals surface area contributed by atoms with Gasteiger partial charge >= 0.3 is 0 Å². The molecule has 0 saturated carbocycles. The highest BCUT2D eigenvalue weighted by Gasteiger charge is 2.38. The Bertz CT molecular complexity index is 533. The monoisotopic (exact) mass is 291 g/mol. The Morgan fingerprint density at radius 2 is 2.05 bits per heavy atom. The molecule has 6 nitrogen and oxygen atoms in total. The first-order chi connectivity index (χ1) is 9.97. The fraction of sp³-hybridized carbons (Fsp3) is 0.733. The average molecular weight is 291 g/mol. The largest absolute Gasteiger partial charge is 0.387 e. The van der Waals surface area contributed by atoms with Crippen LogP contribution in [0.25, 0.3) is 0 Å². The van der Waals surface area contributed by atoms with Gasteiger partial charge in [-0.1, -0.05) is 0 Å². The van der Waals surface area contributed by atoms with Crippen LogP contribution in [0.4, 0.5) is 11.8 Å². The predicted molar refractivity (Wildman–Crippen MR) is 83.4 cm³/mol. The number of nitrogen functional groups attached to an aromatic ring is 1. The van der Waals surface area contributed by atoms with Crippen molar-refractivity contribution in [2.45, 2.75) is 37.7 Å². The highest BCUT2D eigenvalue weighted by molar-refractivity contribution is 5.54. The normalized spacial score (nSPS) is 25.4. The van der Waals surface area contributed by atoms with Crippen molar-refractivity contribution in [3.63, 3.8) is 0 Å². The summed E-state index contributed by atoms with van der Waals surface area (Å²) in [4.78, 5) is 13.1. The number of fused-ring (bicyclic) bond motifs is 1. The van der Waals surface area contributed by atoms with Gasteiger partial charge in [-0.2, -0.15) is 4.98 Å². The van der Waals surface area contributed by atoms with E-state index in [1.807, 2.05) is 19.0 Å². The summed E-state index contributed by atoms with van der Waals surface area (Å²) in [5, 5.41) is 10.7. The topological polar surface area (TPSA) is 78.5 Å². The molecule has 3 N–H and O–H groups in total. The summed E-state index contributed by atoms with van der Waals surface area (Å²) in [7, 11) is 3.98. The Morgan fingerprint density at radius 1 is 1.29 bits per heavy atom. The lowest BCUT2D eigenvalue weighted by atomic mass is 9.96. The summed E-state index contributed by atoms with van der Waals surface area (Å²) in [5.41, 5.74) is 7.56. The molecule has 1 aliphatic heterocycles. The third-order valence-electron chi connectivity index (χ3n) is 4.42. The lowest BCUT2D eigenvalue weighted by Crippen LogP contribution is -2.42. The Kier molecular flexibility index (Phi) is 3.75. The molecule has 1 aromatic heterocycles. The summed E-state index contributed by atoms with van der Waals surface area (Å²) in [6, 6.07) is 0. The molecule has 1 saturated heterocycles. The van der Waals surface area contributed by atoms with Crippen LogP contribution in [0, 0.1) is 0 Å². The molecule has 0 radical (unpaired) electrons. The molecule has 2 heterocycles. The van der Waals surface area contributed by atoms with Gasteiger partial charge in [0.25, 0.3) is 0 Å². The van der Waals surface area contributed by atoms with Gasteiger partial charge in [-0.15, -0.1) is 0 Å². The van der Waals surface area contributed by atoms with Crippen LogP contribution in [-0.2, 0) is 12.8 Å². The Hall–Kier alpha value is -1.40. The van der Waals surface area contributed by atoms with Crippen LogP contribution in [-0.4, -0.2) is 59.3 Å². The number of anilines is 2. The minimum atomic E-state index is -0.662. The van der Waals surface area contributed by atoms with E-state index >= 15 is 0 Å². The molecule has 1 fully saturated rings. The molecule has 2 aliphatic rings. The molecule has 1 aromatic rings. The maximum absolute atomic E-state index is 10.7. The first-order valence-electron chi connectivity index (χ1n) is 7.74. The van der Waals surface area contributed by atoms with E-state index in [9.17, 15) is 5.11 Å². The van der Waals surface area contributed by atoms with Gasteiger partial charge < -0.3 is 20.6 Å². The van der Waals surface area contributed by atoms with Crippen LogP contribution in [0.2, 0.25) is 0 Å².